The molecule has 3 aromatic rings. The minimum Gasteiger partial charge on any atom is -0.495 e. The van der Waals surface area contributed by atoms with Gasteiger partial charge in [-0.05, 0) is 66.9 Å². The first-order chi connectivity index (χ1) is 16.6. The molecule has 0 aliphatic rings. The summed E-state index contributed by atoms with van der Waals surface area (Å²) in [5.74, 6) is 0.0555. The number of nitrogens with zero attached hydrogens (tertiary/aromatic N) is 1. The highest BCUT2D eigenvalue weighted by atomic mass is 35.5. The fourth-order valence-electron chi connectivity index (χ4n) is 3.71. The number of rotatable bonds is 10. The van der Waals surface area contributed by atoms with Crippen molar-refractivity contribution >= 4 is 11.6 Å². The van der Waals surface area contributed by atoms with Gasteiger partial charge in [0.2, 0.25) is 0 Å². The van der Waals surface area contributed by atoms with Crippen LogP contribution in [0, 0.1) is 5.82 Å². The van der Waals surface area contributed by atoms with Crippen LogP contribution in [0.2, 0.25) is 5.02 Å². The molecule has 3 rings (SSSR count). The number of aromatic nitrogens is 1. The van der Waals surface area contributed by atoms with Gasteiger partial charge in [-0.3, -0.25) is 15.6 Å². The van der Waals surface area contributed by atoms with E-state index in [-0.39, 0.29) is 6.04 Å². The van der Waals surface area contributed by atoms with Crippen LogP contribution in [0.1, 0.15) is 40.9 Å². The fourth-order valence-corrected chi connectivity index (χ4v) is 3.91. The van der Waals surface area contributed by atoms with Crippen LogP contribution in [0.25, 0.3) is 0 Å². The van der Waals surface area contributed by atoms with E-state index in [1.165, 1.54) is 31.5 Å². The van der Waals surface area contributed by atoms with E-state index in [1.54, 1.807) is 37.4 Å². The average molecular weight is 512 g/mol. The molecule has 1 unspecified atom stereocenters. The molecule has 5 nitrogen and oxygen atoms in total. The van der Waals surface area contributed by atoms with Crippen molar-refractivity contribution in [2.75, 3.05) is 14.2 Å². The van der Waals surface area contributed by atoms with Gasteiger partial charge < -0.3 is 9.84 Å². The van der Waals surface area contributed by atoms with Crippen LogP contribution < -0.4 is 15.4 Å². The van der Waals surface area contributed by atoms with E-state index < -0.39 is 30.0 Å². The van der Waals surface area contributed by atoms with E-state index in [0.717, 1.165) is 11.6 Å². The molecule has 0 bridgehead atoms. The summed E-state index contributed by atoms with van der Waals surface area (Å²) in [6.07, 6.45) is -3.45. The van der Waals surface area contributed by atoms with Gasteiger partial charge in [-0.1, -0.05) is 35.9 Å². The number of alkyl halides is 3. The average Bonchev–Trinajstić information content (AvgIpc) is 2.84. The Morgan fingerprint density at radius 3 is 2.31 bits per heavy atom. The van der Waals surface area contributed by atoms with Crippen LogP contribution in [0.3, 0.4) is 0 Å². The molecule has 1 aromatic heterocycles. The fraction of sp³-hybridized carbons (Fsp3) is 0.320. The van der Waals surface area contributed by atoms with Crippen molar-refractivity contribution in [3.8, 4) is 5.75 Å². The molecular weight excluding hydrogens is 486 g/mol. The van der Waals surface area contributed by atoms with E-state index >= 15 is 0 Å². The van der Waals surface area contributed by atoms with E-state index in [1.807, 2.05) is 0 Å². The molecule has 35 heavy (non-hydrogen) atoms. The predicted molar refractivity (Wildman–Crippen MR) is 126 cm³/mol. The minimum absolute atomic E-state index is 0.374. The highest BCUT2D eigenvalue weighted by Gasteiger charge is 2.32. The Hall–Kier alpha value is -2.72. The number of aliphatic hydroxyl groups is 1. The third-order valence-corrected chi connectivity index (χ3v) is 5.95. The summed E-state index contributed by atoms with van der Waals surface area (Å²) in [6.45, 7) is 0. The second kappa shape index (κ2) is 11.8. The number of aryl methyl sites for hydroxylation is 1. The maximum absolute atomic E-state index is 13.5. The smallest absolute Gasteiger partial charge is 0.433 e. The van der Waals surface area contributed by atoms with Gasteiger partial charge in [0, 0.05) is 12.2 Å². The van der Waals surface area contributed by atoms with Gasteiger partial charge in [-0.15, -0.1) is 0 Å². The molecule has 0 aliphatic heterocycles. The summed E-state index contributed by atoms with van der Waals surface area (Å²) in [5.41, 5.74) is 1.11. The summed E-state index contributed by atoms with van der Waals surface area (Å²) < 4.78 is 57.4. The molecule has 0 saturated heterocycles. The molecule has 0 radical (unpaired) electrons. The van der Waals surface area contributed by atoms with Crippen molar-refractivity contribution < 1.29 is 27.4 Å². The number of nitrogens with one attached hydrogen (secondary N) is 2. The normalized spacial score (nSPS) is 14.4. The van der Waals surface area contributed by atoms with Crippen molar-refractivity contribution in [1.82, 2.24) is 15.6 Å². The molecule has 3 N–H and O–H groups in total. The van der Waals surface area contributed by atoms with Gasteiger partial charge in [0.05, 0.1) is 18.2 Å². The maximum Gasteiger partial charge on any atom is 0.433 e. The lowest BCUT2D eigenvalue weighted by Gasteiger charge is -2.30. The van der Waals surface area contributed by atoms with Crippen LogP contribution in [-0.4, -0.2) is 30.5 Å². The van der Waals surface area contributed by atoms with Gasteiger partial charge in [0.25, 0.3) is 0 Å². The second-order valence-electron chi connectivity index (χ2n) is 7.96. The van der Waals surface area contributed by atoms with Crippen molar-refractivity contribution in [1.29, 1.82) is 0 Å². The summed E-state index contributed by atoms with van der Waals surface area (Å²) in [4.78, 5) is 3.53. The summed E-state index contributed by atoms with van der Waals surface area (Å²) >= 11 is 6.18. The molecule has 0 saturated carbocycles. The van der Waals surface area contributed by atoms with Crippen LogP contribution in [0.4, 0.5) is 17.6 Å². The van der Waals surface area contributed by atoms with Crippen LogP contribution in [0.15, 0.2) is 60.8 Å². The number of hydrogen-bond donors (Lipinski definition) is 3. The van der Waals surface area contributed by atoms with Gasteiger partial charge in [0.15, 0.2) is 0 Å². The zero-order valence-electron chi connectivity index (χ0n) is 19.1. The number of methoxy groups -OCH3 is 1. The minimum atomic E-state index is -4.51. The Bertz CT molecular complexity index is 1100. The number of likely N-dealkylation sites (N-methyl/N-ethyl adjacent to an activating group) is 1. The third-order valence-electron chi connectivity index (χ3n) is 5.64. The first-order valence-corrected chi connectivity index (χ1v) is 11.2. The van der Waals surface area contributed by atoms with Gasteiger partial charge >= 0.3 is 6.18 Å². The third kappa shape index (κ3) is 7.14. The van der Waals surface area contributed by atoms with Crippen molar-refractivity contribution in [3.05, 3.63) is 94.0 Å². The highest BCUT2D eigenvalue weighted by molar-refractivity contribution is 6.32. The zero-order chi connectivity index (χ0) is 25.6. The lowest BCUT2D eigenvalue weighted by Crippen LogP contribution is -2.41. The molecule has 1 heterocycles. The van der Waals surface area contributed by atoms with Crippen molar-refractivity contribution in [2.45, 2.75) is 37.3 Å². The van der Waals surface area contributed by atoms with Gasteiger partial charge in [-0.25, -0.2) is 4.39 Å². The number of ether oxygens (including phenoxy) is 1. The zero-order valence-corrected chi connectivity index (χ0v) is 19.9. The monoisotopic (exact) mass is 511 g/mol. The summed E-state index contributed by atoms with van der Waals surface area (Å²) in [5, 5.41) is 17.3. The van der Waals surface area contributed by atoms with E-state index in [9.17, 15) is 22.7 Å². The summed E-state index contributed by atoms with van der Waals surface area (Å²) in [7, 11) is 3.09. The maximum atomic E-state index is 13.5. The lowest BCUT2D eigenvalue weighted by molar-refractivity contribution is -0.141. The molecule has 2 aromatic carbocycles. The SMILES string of the molecule is CNC(O)[C@H](N[C@@H](CCc1ccc(C(F)(F)F)nc1)c1ccc(Cl)c(OC)c1)c1ccc(F)cc1. The van der Waals surface area contributed by atoms with Crippen molar-refractivity contribution in [2.24, 2.45) is 0 Å². The molecule has 188 valence electrons. The number of hydrogen-bond acceptors (Lipinski definition) is 5. The largest absolute Gasteiger partial charge is 0.495 e. The highest BCUT2D eigenvalue weighted by Crippen LogP contribution is 2.32. The van der Waals surface area contributed by atoms with Crippen LogP contribution >= 0.6 is 11.6 Å². The number of benzene rings is 2. The first kappa shape index (κ1) is 26.9. The Kier molecular flexibility index (Phi) is 9.07. The Morgan fingerprint density at radius 1 is 1.06 bits per heavy atom. The van der Waals surface area contributed by atoms with Gasteiger partial charge in [-0.2, -0.15) is 13.2 Å². The lowest BCUT2D eigenvalue weighted by atomic mass is 9.96. The van der Waals surface area contributed by atoms with Crippen molar-refractivity contribution in [3.63, 3.8) is 0 Å². The molecule has 10 heteroatoms. The molecule has 0 amide bonds. The van der Waals surface area contributed by atoms with E-state index in [4.69, 9.17) is 16.3 Å². The number of pyridine rings is 1. The van der Waals surface area contributed by atoms with Gasteiger partial charge in [0.1, 0.15) is 23.5 Å². The standard InChI is InChI=1S/C25H26ClF4N3O2/c1-31-24(34)23(16-5-8-18(27)9-6-16)33-20(17-7-10-19(26)21(13-17)35-2)11-3-15-4-12-22(32-14-15)25(28,29)30/h4-10,12-14,20,23-24,31,33-34H,3,11H2,1-2H3/t20-,23+,24?/m0/s1. The Balaban J connectivity index is 1.90. The van der Waals surface area contributed by atoms with E-state index in [0.29, 0.717) is 34.7 Å². The number of halogens is 5. The number of aliphatic hydroxyl groups excluding tert-OH is 1. The quantitative estimate of drug-likeness (QED) is 0.250. The Labute approximate surface area is 206 Å². The second-order valence-corrected chi connectivity index (χ2v) is 8.37. The van der Waals surface area contributed by atoms with Crippen LogP contribution in [0.5, 0.6) is 5.75 Å². The molecule has 0 fully saturated rings. The topological polar surface area (TPSA) is 66.4 Å². The summed E-state index contributed by atoms with van der Waals surface area (Å²) in [6, 6.07) is 12.4. The molecular formula is C25H26ClF4N3O2. The molecule has 3 atom stereocenters. The Morgan fingerprint density at radius 2 is 1.74 bits per heavy atom. The van der Waals surface area contributed by atoms with Crippen LogP contribution in [-0.2, 0) is 12.6 Å². The van der Waals surface area contributed by atoms with E-state index in [2.05, 4.69) is 15.6 Å². The molecule has 0 aliphatic carbocycles. The predicted octanol–water partition coefficient (Wildman–Crippen LogP) is 5.44. The molecule has 0 spiro atoms. The first-order valence-electron chi connectivity index (χ1n) is 10.8.